The van der Waals surface area contributed by atoms with Crippen LogP contribution in [-0.2, 0) is 44.8 Å². The fourth-order valence-corrected chi connectivity index (χ4v) is 0.856. The molecule has 84 valence electrons. The molecule has 0 fully saturated rings. The van der Waals surface area contributed by atoms with Gasteiger partial charge in [0.2, 0.25) is 0 Å². The molecule has 0 bridgehead atoms. The Morgan fingerprint density at radius 3 is 1.36 bits per heavy atom. The minimum atomic E-state index is -1.23. The minimum absolute atomic E-state index is 0. The third-order valence-electron chi connectivity index (χ3n) is 1.39. The van der Waals surface area contributed by atoms with Gasteiger partial charge in [-0.1, -0.05) is 12.1 Å². The molecule has 14 heavy (non-hydrogen) atoms. The second-order valence-electron chi connectivity index (χ2n) is 2.16. The van der Waals surface area contributed by atoms with Gasteiger partial charge in [0.1, 0.15) is 0 Å². The summed E-state index contributed by atoms with van der Waals surface area (Å²) < 4.78 is 0. The van der Waals surface area contributed by atoms with Crippen LogP contribution in [0.5, 0.6) is 0 Å². The summed E-state index contributed by atoms with van der Waals surface area (Å²) in [5, 5.41) is 17.1. The van der Waals surface area contributed by atoms with E-state index in [-0.39, 0.29) is 55.9 Å². The van der Waals surface area contributed by atoms with Crippen molar-refractivity contribution in [2.24, 2.45) is 0 Å². The normalized spacial score (nSPS) is 8.00. The van der Waals surface area contributed by atoms with Gasteiger partial charge >= 0.3 is 11.9 Å². The van der Waals surface area contributed by atoms with E-state index in [4.69, 9.17) is 10.2 Å². The molecule has 0 spiro atoms. The number of rotatable bonds is 2. The summed E-state index contributed by atoms with van der Waals surface area (Å²) in [4.78, 5) is 20.9. The summed E-state index contributed by atoms with van der Waals surface area (Å²) in [5.41, 5.74) is -0.380. The molecule has 0 aliphatic rings. The van der Waals surface area contributed by atoms with Gasteiger partial charge in [0.05, 0.1) is 11.1 Å². The smallest absolute Gasteiger partial charge is 0.336 e. The molecule has 0 atom stereocenters. The van der Waals surface area contributed by atoms with Crippen LogP contribution in [0.15, 0.2) is 24.3 Å². The second kappa shape index (κ2) is 7.00. The number of hydrogen-bond donors (Lipinski definition) is 2. The van der Waals surface area contributed by atoms with E-state index in [1.165, 1.54) is 24.3 Å². The fraction of sp³-hybridized carbons (Fsp3) is 0. The maximum atomic E-state index is 10.5. The summed E-state index contributed by atoms with van der Waals surface area (Å²) in [5.74, 6) is -2.46. The van der Waals surface area contributed by atoms with Gasteiger partial charge in [-0.2, -0.15) is 0 Å². The number of carboxylic acid groups (broad SMARTS) is 2. The van der Waals surface area contributed by atoms with Crippen LogP contribution >= 0.6 is 0 Å². The molecule has 0 saturated heterocycles. The molecule has 0 aliphatic heterocycles. The van der Waals surface area contributed by atoms with Gasteiger partial charge in [-0.25, -0.2) is 9.59 Å². The van der Waals surface area contributed by atoms with E-state index >= 15 is 0 Å². The van der Waals surface area contributed by atoms with E-state index in [1.807, 2.05) is 0 Å². The number of aromatic carboxylic acids is 2. The fourth-order valence-electron chi connectivity index (χ4n) is 0.856. The van der Waals surface area contributed by atoms with Gasteiger partial charge in [-0.15, -0.1) is 0 Å². The van der Waals surface area contributed by atoms with E-state index < -0.39 is 11.9 Å². The first-order chi connectivity index (χ1) is 5.63. The van der Waals surface area contributed by atoms with Gasteiger partial charge in [-0.05, 0) is 12.1 Å². The third-order valence-corrected chi connectivity index (χ3v) is 1.39. The quantitative estimate of drug-likeness (QED) is 0.532. The molecule has 0 saturated carbocycles. The average molecular weight is 560 g/mol. The molecule has 2 radical (unpaired) electrons. The summed E-state index contributed by atoms with van der Waals surface area (Å²) >= 11 is 0. The monoisotopic (exact) mass is 560 g/mol. The maximum absolute atomic E-state index is 10.5. The first-order valence-electron chi connectivity index (χ1n) is 3.18. The molecule has 0 heterocycles. The SMILES string of the molecule is O=C(O)c1ccccc1C(=O)O.[Au].[Au]. The van der Waals surface area contributed by atoms with Gasteiger partial charge in [-0.3, -0.25) is 0 Å². The van der Waals surface area contributed by atoms with Crippen molar-refractivity contribution in [1.29, 1.82) is 0 Å². The van der Waals surface area contributed by atoms with E-state index in [9.17, 15) is 9.59 Å². The number of hydrogen-bond acceptors (Lipinski definition) is 2. The van der Waals surface area contributed by atoms with Crippen molar-refractivity contribution in [3.63, 3.8) is 0 Å². The minimum Gasteiger partial charge on any atom is -0.478 e. The topological polar surface area (TPSA) is 74.6 Å². The number of carbonyl (C=O) groups is 2. The van der Waals surface area contributed by atoms with Crippen LogP contribution in [-0.4, -0.2) is 22.2 Å². The molecular weight excluding hydrogens is 554 g/mol. The Kier molecular flexibility index (Phi) is 8.04. The van der Waals surface area contributed by atoms with E-state index in [0.717, 1.165) is 0 Å². The van der Waals surface area contributed by atoms with Crippen LogP contribution in [0, 0.1) is 0 Å². The summed E-state index contributed by atoms with van der Waals surface area (Å²) in [6.07, 6.45) is 0. The predicted molar refractivity (Wildman–Crippen MR) is 40.4 cm³/mol. The molecule has 6 heteroatoms. The van der Waals surface area contributed by atoms with Crippen LogP contribution in [0.3, 0.4) is 0 Å². The largest absolute Gasteiger partial charge is 0.478 e. The van der Waals surface area contributed by atoms with Crippen LogP contribution in [0.4, 0.5) is 0 Å². The van der Waals surface area contributed by atoms with E-state index in [1.54, 1.807) is 0 Å². The standard InChI is InChI=1S/C8H6O4.2Au/c9-7(10)5-3-1-2-4-6(5)8(11)12;;/h1-4H,(H,9,10)(H,11,12);;. The molecule has 1 rings (SSSR count). The zero-order valence-electron chi connectivity index (χ0n) is 6.62. The predicted octanol–water partition coefficient (Wildman–Crippen LogP) is 1.08. The second-order valence-corrected chi connectivity index (χ2v) is 2.16. The maximum Gasteiger partial charge on any atom is 0.336 e. The Labute approximate surface area is 111 Å². The van der Waals surface area contributed by atoms with Crippen LogP contribution in [0.25, 0.3) is 0 Å². The van der Waals surface area contributed by atoms with Crippen molar-refractivity contribution in [3.05, 3.63) is 35.4 Å². The van der Waals surface area contributed by atoms with Gasteiger partial charge in [0.25, 0.3) is 0 Å². The Morgan fingerprint density at radius 2 is 1.14 bits per heavy atom. The van der Waals surface area contributed by atoms with Gasteiger partial charge < -0.3 is 10.2 Å². The Bertz CT molecular complexity index is 305. The van der Waals surface area contributed by atoms with Crippen LogP contribution < -0.4 is 0 Å². The average Bonchev–Trinajstić information content (AvgIpc) is 2.04. The molecule has 1 aromatic carbocycles. The van der Waals surface area contributed by atoms with Crippen molar-refractivity contribution in [3.8, 4) is 0 Å². The Morgan fingerprint density at radius 1 is 0.857 bits per heavy atom. The molecular formula is C8H6Au2O4. The first-order valence-corrected chi connectivity index (χ1v) is 3.18. The number of benzene rings is 1. The van der Waals surface area contributed by atoms with Crippen molar-refractivity contribution in [2.45, 2.75) is 0 Å². The van der Waals surface area contributed by atoms with E-state index in [0.29, 0.717) is 0 Å². The summed E-state index contributed by atoms with van der Waals surface area (Å²) in [6, 6.07) is 5.48. The molecule has 0 unspecified atom stereocenters. The molecule has 0 aliphatic carbocycles. The zero-order valence-corrected chi connectivity index (χ0v) is 11.0. The van der Waals surface area contributed by atoms with Crippen molar-refractivity contribution < 1.29 is 64.6 Å². The van der Waals surface area contributed by atoms with Crippen molar-refractivity contribution in [2.75, 3.05) is 0 Å². The Hall–Kier alpha value is -0.359. The first kappa shape index (κ1) is 16.1. The molecule has 0 amide bonds. The third kappa shape index (κ3) is 3.79. The summed E-state index contributed by atoms with van der Waals surface area (Å²) in [6.45, 7) is 0. The number of carboxylic acids is 2. The van der Waals surface area contributed by atoms with Crippen molar-refractivity contribution >= 4 is 11.9 Å². The molecule has 1 aromatic rings. The summed E-state index contributed by atoms with van der Waals surface area (Å²) in [7, 11) is 0. The molecule has 4 nitrogen and oxygen atoms in total. The zero-order chi connectivity index (χ0) is 9.14. The molecule has 0 aromatic heterocycles. The Balaban J connectivity index is 0. The van der Waals surface area contributed by atoms with E-state index in [2.05, 4.69) is 0 Å². The van der Waals surface area contributed by atoms with Crippen molar-refractivity contribution in [1.82, 2.24) is 0 Å². The van der Waals surface area contributed by atoms with Crippen LogP contribution in [0.1, 0.15) is 20.7 Å². The van der Waals surface area contributed by atoms with Crippen LogP contribution in [0.2, 0.25) is 0 Å². The van der Waals surface area contributed by atoms with Gasteiger partial charge in [0, 0.05) is 44.8 Å². The van der Waals surface area contributed by atoms with Gasteiger partial charge in [0.15, 0.2) is 0 Å². The molecule has 2 N–H and O–H groups in total.